The first-order valence-electron chi connectivity index (χ1n) is 8.97. The minimum absolute atomic E-state index is 0.256. The molecule has 8 heteroatoms. The molecule has 1 N–H and O–H groups in total. The van der Waals surface area contributed by atoms with Crippen molar-refractivity contribution in [3.05, 3.63) is 46.9 Å². The van der Waals surface area contributed by atoms with Crippen LogP contribution in [0.5, 0.6) is 0 Å². The maximum Gasteiger partial charge on any atom is 0.275 e. The average Bonchev–Trinajstić information content (AvgIpc) is 3.13. The zero-order chi connectivity index (χ0) is 18.9. The first-order valence-corrected chi connectivity index (χ1v) is 9.35. The monoisotopic (exact) mass is 388 g/mol. The Hall–Kier alpha value is -2.22. The highest BCUT2D eigenvalue weighted by Crippen LogP contribution is 2.32. The smallest absolute Gasteiger partial charge is 0.275 e. The van der Waals surface area contributed by atoms with Crippen molar-refractivity contribution in [3.63, 3.8) is 0 Å². The predicted octanol–water partition coefficient (Wildman–Crippen LogP) is 3.03. The number of aromatic nitrogens is 2. The predicted molar refractivity (Wildman–Crippen MR) is 102 cm³/mol. The molecule has 0 atom stereocenters. The molecule has 2 aromatic rings. The molecule has 7 nitrogen and oxygen atoms in total. The van der Waals surface area contributed by atoms with E-state index in [1.165, 1.54) is 6.20 Å². The molecule has 1 aromatic carbocycles. The van der Waals surface area contributed by atoms with Crippen LogP contribution in [0.1, 0.15) is 28.9 Å². The van der Waals surface area contributed by atoms with Gasteiger partial charge in [-0.1, -0.05) is 17.7 Å². The summed E-state index contributed by atoms with van der Waals surface area (Å²) in [7, 11) is 0. The Labute approximate surface area is 162 Å². The molecule has 3 heterocycles. The summed E-state index contributed by atoms with van der Waals surface area (Å²) in [4.78, 5) is 23.2. The van der Waals surface area contributed by atoms with Crippen LogP contribution >= 0.6 is 11.6 Å². The van der Waals surface area contributed by atoms with Crippen molar-refractivity contribution in [2.75, 3.05) is 36.5 Å². The Kier molecular flexibility index (Phi) is 4.99. The Bertz CT molecular complexity index is 827. The first kappa shape index (κ1) is 18.2. The van der Waals surface area contributed by atoms with Gasteiger partial charge in [0, 0.05) is 36.6 Å². The van der Waals surface area contributed by atoms with E-state index in [0.717, 1.165) is 37.3 Å². The molecule has 27 heavy (non-hydrogen) atoms. The standard InChI is InChI=1S/C19H21ClN4O3/c1-13-2-3-14(10-15(13)20)23-18(25)16-11-22-17(12-21-16)24-6-4-19(5-7-24)26-8-9-27-19/h2-3,10-12H,4-9H2,1H3,(H,23,25). The number of amides is 1. The lowest BCUT2D eigenvalue weighted by Crippen LogP contribution is -2.45. The highest BCUT2D eigenvalue weighted by atomic mass is 35.5. The number of carbonyl (C=O) groups excluding carboxylic acids is 1. The molecule has 0 saturated carbocycles. The highest BCUT2D eigenvalue weighted by molar-refractivity contribution is 6.31. The van der Waals surface area contributed by atoms with Crippen LogP contribution in [0.4, 0.5) is 11.5 Å². The second-order valence-corrected chi connectivity index (χ2v) is 7.18. The highest BCUT2D eigenvalue weighted by Gasteiger charge is 2.40. The van der Waals surface area contributed by atoms with Crippen LogP contribution in [0.15, 0.2) is 30.6 Å². The number of anilines is 2. The molecule has 4 rings (SSSR count). The van der Waals surface area contributed by atoms with Crippen molar-refractivity contribution < 1.29 is 14.3 Å². The number of aryl methyl sites for hydroxylation is 1. The number of nitrogens with one attached hydrogen (secondary N) is 1. The maximum absolute atomic E-state index is 12.4. The van der Waals surface area contributed by atoms with Gasteiger partial charge in [0.1, 0.15) is 11.5 Å². The second-order valence-electron chi connectivity index (χ2n) is 6.77. The van der Waals surface area contributed by atoms with Gasteiger partial charge < -0.3 is 19.7 Å². The molecular formula is C19H21ClN4O3. The fraction of sp³-hybridized carbons (Fsp3) is 0.421. The molecule has 2 saturated heterocycles. The van der Waals surface area contributed by atoms with E-state index in [1.54, 1.807) is 18.3 Å². The van der Waals surface area contributed by atoms with Crippen molar-refractivity contribution in [3.8, 4) is 0 Å². The Morgan fingerprint density at radius 2 is 1.93 bits per heavy atom. The number of hydrogen-bond donors (Lipinski definition) is 1. The molecule has 1 spiro atoms. The van der Waals surface area contributed by atoms with Gasteiger partial charge in [-0.05, 0) is 24.6 Å². The van der Waals surface area contributed by atoms with Crippen LogP contribution in [0.2, 0.25) is 5.02 Å². The number of rotatable bonds is 3. The quantitative estimate of drug-likeness (QED) is 0.870. The third-order valence-corrected chi connectivity index (χ3v) is 5.37. The van der Waals surface area contributed by atoms with Crippen LogP contribution in [0.3, 0.4) is 0 Å². The molecule has 0 aliphatic carbocycles. The van der Waals surface area contributed by atoms with E-state index < -0.39 is 5.79 Å². The van der Waals surface area contributed by atoms with Crippen LogP contribution in [-0.4, -0.2) is 48.0 Å². The van der Waals surface area contributed by atoms with Crippen LogP contribution in [0.25, 0.3) is 0 Å². The largest absolute Gasteiger partial charge is 0.355 e. The molecule has 2 aliphatic heterocycles. The van der Waals surface area contributed by atoms with Gasteiger partial charge in [-0.15, -0.1) is 0 Å². The van der Waals surface area contributed by atoms with Gasteiger partial charge in [-0.2, -0.15) is 0 Å². The van der Waals surface area contributed by atoms with Crippen LogP contribution < -0.4 is 10.2 Å². The van der Waals surface area contributed by atoms with Gasteiger partial charge in [0.25, 0.3) is 5.91 Å². The zero-order valence-electron chi connectivity index (χ0n) is 15.1. The molecule has 1 amide bonds. The van der Waals surface area contributed by atoms with Gasteiger partial charge in [-0.3, -0.25) is 4.79 Å². The number of carbonyl (C=O) groups is 1. The van der Waals surface area contributed by atoms with Crippen molar-refractivity contribution in [1.82, 2.24) is 9.97 Å². The van der Waals surface area contributed by atoms with Gasteiger partial charge in [0.05, 0.1) is 25.6 Å². The van der Waals surface area contributed by atoms with Crippen molar-refractivity contribution in [2.24, 2.45) is 0 Å². The van der Waals surface area contributed by atoms with E-state index in [0.29, 0.717) is 23.9 Å². The third-order valence-electron chi connectivity index (χ3n) is 4.96. The summed E-state index contributed by atoms with van der Waals surface area (Å²) < 4.78 is 11.5. The van der Waals surface area contributed by atoms with Gasteiger partial charge >= 0.3 is 0 Å². The summed E-state index contributed by atoms with van der Waals surface area (Å²) in [6.07, 6.45) is 4.72. The summed E-state index contributed by atoms with van der Waals surface area (Å²) in [6.45, 7) is 4.79. The van der Waals surface area contributed by atoms with Crippen LogP contribution in [-0.2, 0) is 9.47 Å². The summed E-state index contributed by atoms with van der Waals surface area (Å²) in [6, 6.07) is 5.37. The Balaban J connectivity index is 1.38. The number of halogens is 1. The second kappa shape index (κ2) is 7.42. The van der Waals surface area contributed by atoms with Crippen LogP contribution in [0, 0.1) is 6.92 Å². The fourth-order valence-corrected chi connectivity index (χ4v) is 3.51. The Morgan fingerprint density at radius 1 is 1.19 bits per heavy atom. The minimum atomic E-state index is -0.418. The lowest BCUT2D eigenvalue weighted by atomic mass is 10.0. The normalized spacial score (nSPS) is 18.7. The SMILES string of the molecule is Cc1ccc(NC(=O)c2cnc(N3CCC4(CC3)OCCO4)cn2)cc1Cl. The fourth-order valence-electron chi connectivity index (χ4n) is 3.33. The van der Waals surface area contributed by atoms with Gasteiger partial charge in [-0.25, -0.2) is 9.97 Å². The minimum Gasteiger partial charge on any atom is -0.355 e. The van der Waals surface area contributed by atoms with Gasteiger partial charge in [0.15, 0.2) is 5.79 Å². The molecule has 0 unspecified atom stereocenters. The topological polar surface area (TPSA) is 76.6 Å². The number of piperidine rings is 1. The van der Waals surface area contributed by atoms with E-state index in [9.17, 15) is 4.79 Å². The number of nitrogens with zero attached hydrogens (tertiary/aromatic N) is 3. The van der Waals surface area contributed by atoms with Crippen molar-refractivity contribution in [1.29, 1.82) is 0 Å². The van der Waals surface area contributed by atoms with E-state index >= 15 is 0 Å². The number of ether oxygens (including phenoxy) is 2. The molecular weight excluding hydrogens is 368 g/mol. The van der Waals surface area contributed by atoms with E-state index in [4.69, 9.17) is 21.1 Å². The summed E-state index contributed by atoms with van der Waals surface area (Å²) >= 11 is 6.09. The molecule has 1 aromatic heterocycles. The summed E-state index contributed by atoms with van der Waals surface area (Å²) in [5.74, 6) is 0.0103. The van der Waals surface area contributed by atoms with E-state index in [-0.39, 0.29) is 11.6 Å². The maximum atomic E-state index is 12.4. The summed E-state index contributed by atoms with van der Waals surface area (Å²) in [5, 5.41) is 3.39. The summed E-state index contributed by atoms with van der Waals surface area (Å²) in [5.41, 5.74) is 1.83. The molecule has 142 valence electrons. The molecule has 0 bridgehead atoms. The first-order chi connectivity index (χ1) is 13.0. The lowest BCUT2D eigenvalue weighted by Gasteiger charge is -2.37. The number of hydrogen-bond acceptors (Lipinski definition) is 6. The lowest BCUT2D eigenvalue weighted by molar-refractivity contribution is -0.169. The number of benzene rings is 1. The molecule has 0 radical (unpaired) electrons. The molecule has 2 aliphatic rings. The van der Waals surface area contributed by atoms with Crippen molar-refractivity contribution in [2.45, 2.75) is 25.6 Å². The van der Waals surface area contributed by atoms with E-state index in [1.807, 2.05) is 13.0 Å². The van der Waals surface area contributed by atoms with E-state index in [2.05, 4.69) is 20.2 Å². The third kappa shape index (κ3) is 3.90. The van der Waals surface area contributed by atoms with Gasteiger partial charge in [0.2, 0.25) is 0 Å². The zero-order valence-corrected chi connectivity index (χ0v) is 15.8. The van der Waals surface area contributed by atoms with Crippen molar-refractivity contribution >= 4 is 29.0 Å². The average molecular weight is 389 g/mol. The molecule has 2 fully saturated rings. The Morgan fingerprint density at radius 3 is 2.56 bits per heavy atom.